The van der Waals surface area contributed by atoms with E-state index < -0.39 is 0 Å². The van der Waals surface area contributed by atoms with Crippen molar-refractivity contribution in [2.24, 2.45) is 0 Å². The zero-order valence-corrected chi connectivity index (χ0v) is 18.4. The van der Waals surface area contributed by atoms with Crippen molar-refractivity contribution in [3.8, 4) is 5.75 Å². The summed E-state index contributed by atoms with van der Waals surface area (Å²) in [6, 6.07) is 22.4. The summed E-state index contributed by atoms with van der Waals surface area (Å²) in [5, 5.41) is 6.99. The lowest BCUT2D eigenvalue weighted by Crippen LogP contribution is -2.30. The molecule has 160 valence electrons. The number of hydrogen-bond acceptors (Lipinski definition) is 4. The minimum atomic E-state index is -0.367. The molecule has 1 atom stereocenters. The molecular weight excluding hydrogens is 424 g/mol. The second kappa shape index (κ2) is 8.05. The van der Waals surface area contributed by atoms with E-state index in [-0.39, 0.29) is 11.9 Å². The van der Waals surface area contributed by atoms with Crippen molar-refractivity contribution in [3.05, 3.63) is 94.7 Å². The van der Waals surface area contributed by atoms with Crippen molar-refractivity contribution in [2.45, 2.75) is 13.0 Å². The Morgan fingerprint density at radius 1 is 1.06 bits per heavy atom. The molecule has 0 bridgehead atoms. The number of anilines is 2. The van der Waals surface area contributed by atoms with Gasteiger partial charge in [-0.05, 0) is 61.0 Å². The number of carbonyl (C=O) groups excluding carboxylic acids is 1. The van der Waals surface area contributed by atoms with E-state index in [4.69, 9.17) is 21.3 Å². The first kappa shape index (κ1) is 20.2. The predicted molar refractivity (Wildman–Crippen MR) is 127 cm³/mol. The van der Waals surface area contributed by atoms with Gasteiger partial charge in [0.25, 0.3) is 5.91 Å². The highest BCUT2D eigenvalue weighted by Crippen LogP contribution is 2.39. The van der Waals surface area contributed by atoms with Crippen LogP contribution in [0.2, 0.25) is 5.02 Å². The summed E-state index contributed by atoms with van der Waals surface area (Å²) in [5.74, 6) is 1.24. The van der Waals surface area contributed by atoms with Gasteiger partial charge in [0.05, 0.1) is 29.8 Å². The normalized spacial score (nSPS) is 15.3. The number of halogens is 1. The van der Waals surface area contributed by atoms with Gasteiger partial charge in [-0.15, -0.1) is 0 Å². The van der Waals surface area contributed by atoms with Gasteiger partial charge >= 0.3 is 0 Å². The first-order chi connectivity index (χ1) is 15.5. The summed E-state index contributed by atoms with van der Waals surface area (Å²) in [5.41, 5.74) is 4.79. The largest absolute Gasteiger partial charge is 0.497 e. The third kappa shape index (κ3) is 3.48. The second-order valence-electron chi connectivity index (χ2n) is 7.59. The molecule has 3 aromatic carbocycles. The fourth-order valence-corrected chi connectivity index (χ4v) is 4.22. The summed E-state index contributed by atoms with van der Waals surface area (Å²) in [6.45, 7) is 1.90. The number of imidazole rings is 1. The number of para-hydroxylation sites is 2. The molecule has 0 spiro atoms. The molecule has 1 aliphatic heterocycles. The molecule has 1 aromatic heterocycles. The predicted octanol–water partition coefficient (Wildman–Crippen LogP) is 5.63. The molecular formula is C25H21ClN4O2. The molecule has 2 N–H and O–H groups in total. The molecule has 0 saturated carbocycles. The molecule has 1 amide bonds. The van der Waals surface area contributed by atoms with Crippen LogP contribution < -0.4 is 15.4 Å². The van der Waals surface area contributed by atoms with Gasteiger partial charge in [0.15, 0.2) is 0 Å². The summed E-state index contributed by atoms with van der Waals surface area (Å²) in [4.78, 5) is 18.3. The Morgan fingerprint density at radius 2 is 1.78 bits per heavy atom. The smallest absolute Gasteiger partial charge is 0.255 e. The van der Waals surface area contributed by atoms with E-state index in [1.54, 1.807) is 7.11 Å². The number of nitrogens with zero attached hydrogens (tertiary/aromatic N) is 2. The van der Waals surface area contributed by atoms with Crippen LogP contribution in [0.3, 0.4) is 0 Å². The van der Waals surface area contributed by atoms with Crippen molar-refractivity contribution >= 4 is 40.2 Å². The number of fused-ring (bicyclic) bond motifs is 3. The first-order valence-corrected chi connectivity index (χ1v) is 10.6. The maximum absolute atomic E-state index is 13.6. The number of allylic oxidation sites excluding steroid dienone is 1. The quantitative estimate of drug-likeness (QED) is 0.428. The highest BCUT2D eigenvalue weighted by Gasteiger charge is 2.34. The average Bonchev–Trinajstić information content (AvgIpc) is 3.17. The number of ether oxygens (including phenoxy) is 1. The Balaban J connectivity index is 1.62. The number of nitrogens with one attached hydrogen (secondary N) is 2. The highest BCUT2D eigenvalue weighted by molar-refractivity contribution is 6.30. The lowest BCUT2D eigenvalue weighted by Gasteiger charge is -2.30. The van der Waals surface area contributed by atoms with Gasteiger partial charge in [0.2, 0.25) is 5.95 Å². The molecule has 1 aliphatic rings. The molecule has 2 heterocycles. The number of aromatic nitrogens is 2. The molecule has 0 radical (unpaired) electrons. The monoisotopic (exact) mass is 444 g/mol. The highest BCUT2D eigenvalue weighted by atomic mass is 35.5. The van der Waals surface area contributed by atoms with Gasteiger partial charge in [-0.2, -0.15) is 0 Å². The van der Waals surface area contributed by atoms with E-state index in [0.717, 1.165) is 28.0 Å². The number of rotatable bonds is 4. The van der Waals surface area contributed by atoms with Crippen LogP contribution in [0, 0.1) is 0 Å². The van der Waals surface area contributed by atoms with Crippen LogP contribution in [0.25, 0.3) is 11.0 Å². The first-order valence-electron chi connectivity index (χ1n) is 10.2. The van der Waals surface area contributed by atoms with Crippen LogP contribution in [0.1, 0.15) is 18.5 Å². The van der Waals surface area contributed by atoms with E-state index in [9.17, 15) is 4.79 Å². The second-order valence-corrected chi connectivity index (χ2v) is 8.03. The van der Waals surface area contributed by atoms with Crippen LogP contribution in [0.4, 0.5) is 11.6 Å². The van der Waals surface area contributed by atoms with Gasteiger partial charge in [-0.1, -0.05) is 35.9 Å². The van der Waals surface area contributed by atoms with Gasteiger partial charge in [0, 0.05) is 16.4 Å². The maximum atomic E-state index is 13.6. The fourth-order valence-electron chi connectivity index (χ4n) is 4.09. The van der Waals surface area contributed by atoms with Crippen LogP contribution in [-0.4, -0.2) is 22.6 Å². The van der Waals surface area contributed by atoms with E-state index in [2.05, 4.69) is 15.2 Å². The van der Waals surface area contributed by atoms with Crippen LogP contribution >= 0.6 is 11.6 Å². The summed E-state index contributed by atoms with van der Waals surface area (Å²) < 4.78 is 7.27. The molecule has 4 aromatic rings. The minimum absolute atomic E-state index is 0.191. The SMILES string of the molecule is COc1ccc(NC(=O)C2=C(C)Nc3nc4ccccc4n3[C@@H]2c2ccc(Cl)cc2)cc1. The third-order valence-corrected chi connectivity index (χ3v) is 5.86. The number of carbonyl (C=O) groups is 1. The average molecular weight is 445 g/mol. The lowest BCUT2D eigenvalue weighted by atomic mass is 9.94. The fraction of sp³-hybridized carbons (Fsp3) is 0.120. The van der Waals surface area contributed by atoms with E-state index in [1.165, 1.54) is 0 Å². The zero-order chi connectivity index (χ0) is 22.2. The van der Waals surface area contributed by atoms with E-state index >= 15 is 0 Å². The Hall–Kier alpha value is -3.77. The standard InChI is InChI=1S/C25H21ClN4O2/c1-15-22(24(31)28-18-11-13-19(32-2)14-12-18)23(16-7-9-17(26)10-8-16)30-21-6-4-3-5-20(21)29-25(30)27-15/h3-14,23H,1-2H3,(H,27,29)(H,28,31)/t23-/m1/s1. The topological polar surface area (TPSA) is 68.2 Å². The Kier molecular flexibility index (Phi) is 5.07. The number of hydrogen-bond donors (Lipinski definition) is 2. The molecule has 7 heteroatoms. The maximum Gasteiger partial charge on any atom is 0.255 e. The molecule has 6 nitrogen and oxygen atoms in total. The van der Waals surface area contributed by atoms with Gasteiger partial charge in [-0.25, -0.2) is 4.98 Å². The molecule has 0 saturated heterocycles. The molecule has 5 rings (SSSR count). The number of benzene rings is 3. The van der Waals surface area contributed by atoms with Crippen LogP contribution in [0.15, 0.2) is 84.1 Å². The van der Waals surface area contributed by atoms with Crippen LogP contribution in [-0.2, 0) is 4.79 Å². The van der Waals surface area contributed by atoms with Gasteiger partial charge in [-0.3, -0.25) is 9.36 Å². The molecule has 0 fully saturated rings. The summed E-state index contributed by atoms with van der Waals surface area (Å²) in [6.07, 6.45) is 0. The summed E-state index contributed by atoms with van der Waals surface area (Å²) >= 11 is 6.15. The minimum Gasteiger partial charge on any atom is -0.497 e. The Bertz CT molecular complexity index is 1340. The van der Waals surface area contributed by atoms with Crippen molar-refractivity contribution < 1.29 is 9.53 Å². The van der Waals surface area contributed by atoms with Crippen LogP contribution in [0.5, 0.6) is 5.75 Å². The van der Waals surface area contributed by atoms with Crippen molar-refractivity contribution in [1.82, 2.24) is 9.55 Å². The number of amides is 1. The van der Waals surface area contributed by atoms with Crippen molar-refractivity contribution in [3.63, 3.8) is 0 Å². The Labute approximate surface area is 190 Å². The molecule has 32 heavy (non-hydrogen) atoms. The van der Waals surface area contributed by atoms with Gasteiger partial charge < -0.3 is 15.4 Å². The van der Waals surface area contributed by atoms with Gasteiger partial charge in [0.1, 0.15) is 5.75 Å². The van der Waals surface area contributed by atoms with E-state index in [1.807, 2.05) is 79.7 Å². The van der Waals surface area contributed by atoms with Crippen molar-refractivity contribution in [1.29, 1.82) is 0 Å². The summed E-state index contributed by atoms with van der Waals surface area (Å²) in [7, 11) is 1.61. The van der Waals surface area contributed by atoms with Crippen molar-refractivity contribution in [2.75, 3.05) is 17.7 Å². The Morgan fingerprint density at radius 3 is 2.50 bits per heavy atom. The molecule has 0 aliphatic carbocycles. The zero-order valence-electron chi connectivity index (χ0n) is 17.6. The lowest BCUT2D eigenvalue weighted by molar-refractivity contribution is -0.113. The third-order valence-electron chi connectivity index (χ3n) is 5.61. The van der Waals surface area contributed by atoms with E-state index in [0.29, 0.717) is 22.2 Å². The molecule has 0 unspecified atom stereocenters. The number of methoxy groups -OCH3 is 1.